The Bertz CT molecular complexity index is 957. The van der Waals surface area contributed by atoms with Crippen molar-refractivity contribution >= 4 is 17.6 Å². The van der Waals surface area contributed by atoms with Crippen molar-refractivity contribution in [3.05, 3.63) is 90.2 Å². The van der Waals surface area contributed by atoms with Gasteiger partial charge in [0.2, 0.25) is 0 Å². The lowest BCUT2D eigenvalue weighted by atomic mass is 10.0. The van der Waals surface area contributed by atoms with E-state index in [-0.39, 0.29) is 5.56 Å². The van der Waals surface area contributed by atoms with Crippen LogP contribution in [0.15, 0.2) is 78.9 Å². The van der Waals surface area contributed by atoms with E-state index in [1.807, 2.05) is 42.5 Å². The molecule has 0 saturated carbocycles. The van der Waals surface area contributed by atoms with E-state index in [1.54, 1.807) is 12.1 Å². The molecule has 0 aliphatic heterocycles. The van der Waals surface area contributed by atoms with Crippen molar-refractivity contribution < 1.29 is 18.7 Å². The maximum absolute atomic E-state index is 13.7. The second kappa shape index (κ2) is 8.27. The van der Waals surface area contributed by atoms with Gasteiger partial charge in [0.05, 0.1) is 5.56 Å². The monoisotopic (exact) mass is 363 g/mol. The number of halogens is 1. The third kappa shape index (κ3) is 4.39. The van der Waals surface area contributed by atoms with Crippen LogP contribution in [0.25, 0.3) is 11.1 Å². The molecule has 27 heavy (non-hydrogen) atoms. The van der Waals surface area contributed by atoms with Crippen LogP contribution in [-0.2, 0) is 9.53 Å². The van der Waals surface area contributed by atoms with Crippen LogP contribution in [0.4, 0.5) is 10.1 Å². The minimum Gasteiger partial charge on any atom is -0.449 e. The fourth-order valence-corrected chi connectivity index (χ4v) is 2.60. The van der Waals surface area contributed by atoms with Gasteiger partial charge in [-0.3, -0.25) is 4.79 Å². The third-order valence-corrected chi connectivity index (χ3v) is 4.02. The van der Waals surface area contributed by atoms with Crippen LogP contribution in [0.5, 0.6) is 0 Å². The normalized spacial score (nSPS) is 11.5. The van der Waals surface area contributed by atoms with Crippen LogP contribution in [0.2, 0.25) is 0 Å². The van der Waals surface area contributed by atoms with Crippen LogP contribution in [0.3, 0.4) is 0 Å². The maximum atomic E-state index is 13.7. The van der Waals surface area contributed by atoms with E-state index in [4.69, 9.17) is 4.74 Å². The zero-order chi connectivity index (χ0) is 19.2. The molecule has 1 amide bonds. The quantitative estimate of drug-likeness (QED) is 0.670. The molecule has 0 unspecified atom stereocenters. The Balaban J connectivity index is 1.73. The highest BCUT2D eigenvalue weighted by Crippen LogP contribution is 2.27. The van der Waals surface area contributed by atoms with Crippen LogP contribution in [0, 0.1) is 5.82 Å². The highest BCUT2D eigenvalue weighted by Gasteiger charge is 2.21. The highest BCUT2D eigenvalue weighted by molar-refractivity contribution is 6.00. The van der Waals surface area contributed by atoms with Gasteiger partial charge in [-0.15, -0.1) is 0 Å². The number of benzene rings is 3. The summed E-state index contributed by atoms with van der Waals surface area (Å²) in [6, 6.07) is 22.4. The minimum absolute atomic E-state index is 0.207. The third-order valence-electron chi connectivity index (χ3n) is 4.02. The fourth-order valence-electron chi connectivity index (χ4n) is 2.60. The molecule has 1 atom stereocenters. The second-order valence-electron chi connectivity index (χ2n) is 5.93. The van der Waals surface area contributed by atoms with Gasteiger partial charge in [0.15, 0.2) is 6.10 Å². The summed E-state index contributed by atoms with van der Waals surface area (Å²) < 4.78 is 18.8. The molecule has 1 N–H and O–H groups in total. The first-order valence-corrected chi connectivity index (χ1v) is 8.47. The van der Waals surface area contributed by atoms with Crippen molar-refractivity contribution in [3.63, 3.8) is 0 Å². The number of rotatable bonds is 5. The molecule has 5 heteroatoms. The molecule has 3 aromatic carbocycles. The number of anilines is 1. The molecule has 0 heterocycles. The topological polar surface area (TPSA) is 55.4 Å². The Morgan fingerprint density at radius 1 is 0.889 bits per heavy atom. The number of carbonyl (C=O) groups excluding carboxylic acids is 2. The Hall–Kier alpha value is -3.47. The van der Waals surface area contributed by atoms with Gasteiger partial charge in [-0.1, -0.05) is 60.7 Å². The van der Waals surface area contributed by atoms with E-state index in [2.05, 4.69) is 5.32 Å². The lowest BCUT2D eigenvalue weighted by Crippen LogP contribution is -2.30. The molecular formula is C22H18FNO3. The average Bonchev–Trinajstić information content (AvgIpc) is 2.69. The molecule has 0 saturated heterocycles. The number of ether oxygens (including phenoxy) is 1. The van der Waals surface area contributed by atoms with Crippen molar-refractivity contribution in [2.24, 2.45) is 0 Å². The molecular weight excluding hydrogens is 345 g/mol. The Morgan fingerprint density at radius 3 is 2.26 bits per heavy atom. The van der Waals surface area contributed by atoms with Crippen molar-refractivity contribution in [2.45, 2.75) is 13.0 Å². The van der Waals surface area contributed by atoms with Crippen molar-refractivity contribution in [3.8, 4) is 11.1 Å². The van der Waals surface area contributed by atoms with Crippen molar-refractivity contribution in [1.29, 1.82) is 0 Å². The van der Waals surface area contributed by atoms with Gasteiger partial charge in [0, 0.05) is 11.3 Å². The fraction of sp³-hybridized carbons (Fsp3) is 0.0909. The molecule has 0 spiro atoms. The molecule has 0 aliphatic rings. The first kappa shape index (κ1) is 18.3. The van der Waals surface area contributed by atoms with E-state index in [1.165, 1.54) is 25.1 Å². The smallest absolute Gasteiger partial charge is 0.341 e. The lowest BCUT2D eigenvalue weighted by molar-refractivity contribution is -0.123. The van der Waals surface area contributed by atoms with Crippen LogP contribution in [-0.4, -0.2) is 18.0 Å². The Labute approximate surface area is 156 Å². The number of para-hydroxylation sites is 1. The van der Waals surface area contributed by atoms with Crippen LogP contribution in [0.1, 0.15) is 17.3 Å². The van der Waals surface area contributed by atoms with Gasteiger partial charge >= 0.3 is 5.97 Å². The Kier molecular flexibility index (Phi) is 5.61. The predicted octanol–water partition coefficient (Wildman–Crippen LogP) is 4.68. The minimum atomic E-state index is -1.08. The molecule has 136 valence electrons. The number of carbonyl (C=O) groups is 2. The van der Waals surface area contributed by atoms with Crippen LogP contribution < -0.4 is 5.32 Å². The molecule has 0 aliphatic carbocycles. The predicted molar refractivity (Wildman–Crippen MR) is 102 cm³/mol. The summed E-state index contributed by atoms with van der Waals surface area (Å²) in [4.78, 5) is 24.5. The summed E-state index contributed by atoms with van der Waals surface area (Å²) in [6.07, 6.45) is -1.08. The average molecular weight is 363 g/mol. The number of esters is 1. The molecule has 3 aromatic rings. The van der Waals surface area contributed by atoms with Crippen LogP contribution >= 0.6 is 0 Å². The first-order valence-electron chi connectivity index (χ1n) is 8.47. The van der Waals surface area contributed by atoms with E-state index >= 15 is 0 Å². The second-order valence-corrected chi connectivity index (χ2v) is 5.93. The van der Waals surface area contributed by atoms with Gasteiger partial charge in [-0.2, -0.15) is 0 Å². The largest absolute Gasteiger partial charge is 0.449 e. The van der Waals surface area contributed by atoms with Gasteiger partial charge in [-0.05, 0) is 30.7 Å². The van der Waals surface area contributed by atoms with E-state index in [9.17, 15) is 14.0 Å². The van der Waals surface area contributed by atoms with Gasteiger partial charge in [0.1, 0.15) is 5.82 Å². The number of amides is 1. The van der Waals surface area contributed by atoms with E-state index < -0.39 is 23.8 Å². The summed E-state index contributed by atoms with van der Waals surface area (Å²) in [5.41, 5.74) is 2.19. The van der Waals surface area contributed by atoms with Gasteiger partial charge in [-0.25, -0.2) is 9.18 Å². The standard InChI is InChI=1S/C22H18FNO3/c1-15(27-22(26)18-12-5-7-13-19(18)23)21(25)24-20-14-8-6-11-17(20)16-9-3-2-4-10-16/h2-15H,1H3,(H,24,25)/t15-/m0/s1. The molecule has 4 nitrogen and oxygen atoms in total. The summed E-state index contributed by atoms with van der Waals surface area (Å²) in [7, 11) is 0. The molecule has 0 radical (unpaired) electrons. The van der Waals surface area contributed by atoms with E-state index in [0.29, 0.717) is 5.69 Å². The van der Waals surface area contributed by atoms with Crippen molar-refractivity contribution in [1.82, 2.24) is 0 Å². The summed E-state index contributed by atoms with van der Waals surface area (Å²) in [5.74, 6) is -2.07. The molecule has 0 fully saturated rings. The first-order chi connectivity index (χ1) is 13.1. The summed E-state index contributed by atoms with van der Waals surface area (Å²) in [5, 5.41) is 2.77. The molecule has 0 bridgehead atoms. The van der Waals surface area contributed by atoms with Gasteiger partial charge < -0.3 is 10.1 Å². The molecule has 0 aromatic heterocycles. The SMILES string of the molecule is C[C@H](OC(=O)c1ccccc1F)C(=O)Nc1ccccc1-c1ccccc1. The zero-order valence-corrected chi connectivity index (χ0v) is 14.7. The summed E-state index contributed by atoms with van der Waals surface area (Å²) in [6.45, 7) is 1.44. The van der Waals surface area contributed by atoms with Crippen molar-refractivity contribution in [2.75, 3.05) is 5.32 Å². The van der Waals surface area contributed by atoms with E-state index in [0.717, 1.165) is 17.2 Å². The number of hydrogen-bond acceptors (Lipinski definition) is 3. The van der Waals surface area contributed by atoms with Gasteiger partial charge in [0.25, 0.3) is 5.91 Å². The zero-order valence-electron chi connectivity index (χ0n) is 14.7. The summed E-state index contributed by atoms with van der Waals surface area (Å²) >= 11 is 0. The lowest BCUT2D eigenvalue weighted by Gasteiger charge is -2.16. The molecule has 3 rings (SSSR count). The maximum Gasteiger partial charge on any atom is 0.341 e. The number of nitrogens with one attached hydrogen (secondary N) is 1. The Morgan fingerprint density at radius 2 is 1.52 bits per heavy atom. The highest BCUT2D eigenvalue weighted by atomic mass is 19.1. The number of hydrogen-bond donors (Lipinski definition) is 1.